The molecule has 0 radical (unpaired) electrons. The smallest absolute Gasteiger partial charge is 0.248 e. The van der Waals surface area contributed by atoms with Crippen LogP contribution in [0.4, 0.5) is 5.69 Å². The molecule has 6 atom stereocenters. The summed E-state index contributed by atoms with van der Waals surface area (Å²) in [6.07, 6.45) is 2.01. The third kappa shape index (κ3) is 3.43. The first kappa shape index (κ1) is 23.1. The Morgan fingerprint density at radius 1 is 1.25 bits per heavy atom. The summed E-state index contributed by atoms with van der Waals surface area (Å²) in [5.74, 6) is -1.15. The maximum absolute atomic E-state index is 13.8. The first-order chi connectivity index (χ1) is 15.3. The fourth-order valence-corrected chi connectivity index (χ4v) is 8.41. The predicted molar refractivity (Wildman–Crippen MR) is 125 cm³/mol. The van der Waals surface area contributed by atoms with Crippen molar-refractivity contribution in [1.29, 1.82) is 0 Å². The van der Waals surface area contributed by atoms with Crippen LogP contribution in [0.15, 0.2) is 18.2 Å². The molecule has 0 aliphatic carbocycles. The predicted octanol–water partition coefficient (Wildman–Crippen LogP) is 2.10. The molecule has 0 aromatic heterocycles. The van der Waals surface area contributed by atoms with Gasteiger partial charge in [-0.15, -0.1) is 11.8 Å². The molecule has 3 unspecified atom stereocenters. The van der Waals surface area contributed by atoms with Gasteiger partial charge in [-0.05, 0) is 56.2 Å². The molecule has 32 heavy (non-hydrogen) atoms. The number of aliphatic hydroxyl groups is 1. The number of nitrogens with zero attached hydrogens (tertiary/aromatic N) is 1. The largest absolute Gasteiger partial charge is 0.396 e. The monoisotopic (exact) mass is 459 g/mol. The van der Waals surface area contributed by atoms with Gasteiger partial charge in [0.15, 0.2) is 0 Å². The van der Waals surface area contributed by atoms with Crippen molar-refractivity contribution in [3.8, 4) is 0 Å². The first-order valence-electron chi connectivity index (χ1n) is 11.4. The molecule has 3 heterocycles. The Bertz CT molecular complexity index is 938. The molecule has 4 rings (SSSR count). The lowest BCUT2D eigenvalue weighted by atomic mass is 9.66. The van der Waals surface area contributed by atoms with Crippen molar-refractivity contribution in [2.24, 2.45) is 17.8 Å². The average Bonchev–Trinajstić information content (AvgIpc) is 3.34. The van der Waals surface area contributed by atoms with Crippen molar-refractivity contribution in [3.63, 3.8) is 0 Å². The lowest BCUT2D eigenvalue weighted by Gasteiger charge is -2.38. The first-order valence-corrected chi connectivity index (χ1v) is 12.3. The highest BCUT2D eigenvalue weighted by Gasteiger charge is 2.75. The number of carbonyl (C=O) groups is 3. The third-order valence-electron chi connectivity index (χ3n) is 7.50. The second kappa shape index (κ2) is 8.71. The van der Waals surface area contributed by atoms with E-state index in [2.05, 4.69) is 17.6 Å². The van der Waals surface area contributed by atoms with E-state index in [4.69, 9.17) is 0 Å². The number of nitrogens with one attached hydrogen (secondary N) is 2. The number of fused-ring (bicyclic) bond motifs is 1. The zero-order valence-corrected chi connectivity index (χ0v) is 20.0. The number of aliphatic hydroxyl groups excluding tert-OH is 1. The summed E-state index contributed by atoms with van der Waals surface area (Å²) in [6.45, 7) is 6.50. The van der Waals surface area contributed by atoms with Gasteiger partial charge in [-0.1, -0.05) is 19.1 Å². The molecule has 3 aliphatic heterocycles. The van der Waals surface area contributed by atoms with Crippen LogP contribution >= 0.6 is 11.8 Å². The van der Waals surface area contributed by atoms with Crippen molar-refractivity contribution >= 4 is 35.2 Å². The van der Waals surface area contributed by atoms with Crippen LogP contribution in [0, 0.1) is 31.6 Å². The molecule has 0 saturated carbocycles. The van der Waals surface area contributed by atoms with Crippen LogP contribution in [0.25, 0.3) is 0 Å². The van der Waals surface area contributed by atoms with Crippen molar-refractivity contribution in [2.45, 2.75) is 56.1 Å². The topological polar surface area (TPSA) is 98.7 Å². The Morgan fingerprint density at radius 2 is 2.00 bits per heavy atom. The number of benzene rings is 1. The zero-order chi connectivity index (χ0) is 23.2. The molecule has 3 saturated heterocycles. The number of aryl methyl sites for hydroxylation is 2. The van der Waals surface area contributed by atoms with E-state index >= 15 is 0 Å². The van der Waals surface area contributed by atoms with Crippen LogP contribution in [0.5, 0.6) is 0 Å². The van der Waals surface area contributed by atoms with E-state index in [9.17, 15) is 19.5 Å². The Kier molecular flexibility index (Phi) is 6.29. The van der Waals surface area contributed by atoms with Crippen LogP contribution in [0.2, 0.25) is 0 Å². The van der Waals surface area contributed by atoms with Gasteiger partial charge in [-0.2, -0.15) is 0 Å². The second-order valence-corrected chi connectivity index (χ2v) is 11.0. The van der Waals surface area contributed by atoms with Crippen molar-refractivity contribution < 1.29 is 19.5 Å². The molecule has 1 aromatic rings. The molecule has 7 nitrogen and oxygen atoms in total. The number of anilines is 1. The Hall–Kier alpha value is -2.06. The van der Waals surface area contributed by atoms with Crippen LogP contribution in [-0.4, -0.2) is 64.0 Å². The number of hydrogen-bond donors (Lipinski definition) is 3. The van der Waals surface area contributed by atoms with Gasteiger partial charge < -0.3 is 20.6 Å². The summed E-state index contributed by atoms with van der Waals surface area (Å²) in [5.41, 5.74) is 2.77. The van der Waals surface area contributed by atoms with Crippen molar-refractivity contribution in [3.05, 3.63) is 29.3 Å². The van der Waals surface area contributed by atoms with Crippen LogP contribution < -0.4 is 10.6 Å². The van der Waals surface area contributed by atoms with Gasteiger partial charge in [-0.25, -0.2) is 0 Å². The molecule has 2 bridgehead atoms. The molecule has 8 heteroatoms. The van der Waals surface area contributed by atoms with E-state index in [1.54, 1.807) is 23.7 Å². The molecule has 3 fully saturated rings. The highest BCUT2D eigenvalue weighted by Crippen LogP contribution is 2.68. The number of unbranched alkanes of at least 4 members (excludes halogenated alkanes) is 1. The quantitative estimate of drug-likeness (QED) is 0.543. The van der Waals surface area contributed by atoms with Crippen LogP contribution in [-0.2, 0) is 14.4 Å². The maximum atomic E-state index is 13.8. The molecule has 3 aliphatic rings. The molecular formula is C24H33N3O4S. The lowest BCUT2D eigenvalue weighted by Crippen LogP contribution is -2.55. The van der Waals surface area contributed by atoms with E-state index in [-0.39, 0.29) is 35.5 Å². The minimum Gasteiger partial charge on any atom is -0.396 e. The highest BCUT2D eigenvalue weighted by molar-refractivity contribution is 8.02. The molecular weight excluding hydrogens is 426 g/mol. The summed E-state index contributed by atoms with van der Waals surface area (Å²) >= 11 is 1.68. The lowest BCUT2D eigenvalue weighted by molar-refractivity contribution is -0.139. The molecule has 3 amide bonds. The van der Waals surface area contributed by atoms with Crippen molar-refractivity contribution in [2.75, 3.05) is 25.5 Å². The van der Waals surface area contributed by atoms with Gasteiger partial charge in [0.05, 0.1) is 16.6 Å². The normalized spacial score (nSPS) is 32.8. The Morgan fingerprint density at radius 3 is 2.69 bits per heavy atom. The Balaban J connectivity index is 1.73. The second-order valence-electron chi connectivity index (χ2n) is 9.44. The number of rotatable bonds is 7. The van der Waals surface area contributed by atoms with Gasteiger partial charge in [0.2, 0.25) is 17.7 Å². The summed E-state index contributed by atoms with van der Waals surface area (Å²) in [7, 11) is 1.61. The highest BCUT2D eigenvalue weighted by atomic mass is 32.2. The minimum absolute atomic E-state index is 0.0457. The summed E-state index contributed by atoms with van der Waals surface area (Å²) in [4.78, 5) is 42.0. The average molecular weight is 460 g/mol. The third-order valence-corrected chi connectivity index (χ3v) is 9.58. The van der Waals surface area contributed by atoms with Crippen LogP contribution in [0.3, 0.4) is 0 Å². The number of likely N-dealkylation sites (tertiary alicyclic amines) is 1. The van der Waals surface area contributed by atoms with Gasteiger partial charge in [-0.3, -0.25) is 14.4 Å². The number of thioether (sulfide) groups is 1. The summed E-state index contributed by atoms with van der Waals surface area (Å²) in [6, 6.07) is 5.29. The van der Waals surface area contributed by atoms with Gasteiger partial charge >= 0.3 is 0 Å². The number of amides is 3. The number of hydrogen-bond acceptors (Lipinski definition) is 5. The fraction of sp³-hybridized carbons (Fsp3) is 0.625. The van der Waals surface area contributed by atoms with E-state index in [1.165, 1.54) is 0 Å². The summed E-state index contributed by atoms with van der Waals surface area (Å²) in [5, 5.41) is 15.1. The molecule has 1 aromatic carbocycles. The van der Waals surface area contributed by atoms with E-state index in [1.807, 2.05) is 32.0 Å². The SMILES string of the molecule is CNC(=O)[C@@H]1[C@H]2C(=O)N(CCCCO)C(C(=O)Nc3cc(C)ccc3C)C23S[C@@H]1CC3C. The molecule has 174 valence electrons. The summed E-state index contributed by atoms with van der Waals surface area (Å²) < 4.78 is -0.611. The minimum atomic E-state index is -0.640. The number of carbonyl (C=O) groups excluding carboxylic acids is 3. The van der Waals surface area contributed by atoms with Gasteiger partial charge in [0.25, 0.3) is 0 Å². The van der Waals surface area contributed by atoms with E-state index < -0.39 is 22.6 Å². The molecule has 3 N–H and O–H groups in total. The van der Waals surface area contributed by atoms with E-state index in [0.29, 0.717) is 19.4 Å². The van der Waals surface area contributed by atoms with Crippen molar-refractivity contribution in [1.82, 2.24) is 10.2 Å². The molecule has 1 spiro atoms. The zero-order valence-electron chi connectivity index (χ0n) is 19.2. The van der Waals surface area contributed by atoms with Gasteiger partial charge in [0.1, 0.15) is 6.04 Å². The van der Waals surface area contributed by atoms with E-state index in [0.717, 1.165) is 23.2 Å². The standard InChI is InChI=1S/C24H33N3O4S/c1-13-7-8-14(2)16(11-13)26-22(30)20-24-15(3)12-17(32-24)18(21(29)25-4)19(24)23(31)27(20)9-5-6-10-28/h7-8,11,15,17-20,28H,5-6,9-10,12H2,1-4H3,(H,25,29)(H,26,30)/t15?,17-,18+,19+,20?,24?/m1/s1. The Labute approximate surface area is 193 Å². The van der Waals surface area contributed by atoms with Gasteiger partial charge in [0, 0.05) is 31.1 Å². The van der Waals surface area contributed by atoms with Crippen LogP contribution in [0.1, 0.15) is 37.3 Å². The fourth-order valence-electron chi connectivity index (χ4n) is 5.99. The maximum Gasteiger partial charge on any atom is 0.248 e.